The van der Waals surface area contributed by atoms with Gasteiger partial charge >= 0.3 is 28.0 Å². The molecule has 56 heavy (non-hydrogen) atoms. The Hall–Kier alpha value is -5.39. The third kappa shape index (κ3) is 5.74. The van der Waals surface area contributed by atoms with E-state index in [1.165, 1.54) is 33.3 Å². The van der Waals surface area contributed by atoms with Crippen molar-refractivity contribution in [2.75, 3.05) is 11.9 Å². The second-order valence-electron chi connectivity index (χ2n) is 16.3. The molecule has 0 amide bonds. The molecule has 0 fully saturated rings. The Bertz CT molecular complexity index is 2810. The number of aromatic nitrogens is 4. The van der Waals surface area contributed by atoms with Gasteiger partial charge < -0.3 is 18.6 Å². The molecule has 0 atom stereocenters. The number of aryl methyl sites for hydroxylation is 2. The zero-order valence-electron chi connectivity index (χ0n) is 32.5. The standard InChI is InChI=1S/C48H42BN5O.Pt/c1-30(2)36-16-11-13-32-19-18-31-12-7-8-14-37(31)44-29-51-47-40-27-34(21-23-41(40)52(6)49(46(32)36)54(44)47)55-35-20-22-39-38-15-9-10-17-42(38)53(43(39)28-35)45-26-33(24-25-50-45)48(3,4)5;/h7-17,20-26,29-30H,18-19H2,1-6H3;/q-2;+2. The van der Waals surface area contributed by atoms with Crippen LogP contribution in [0.2, 0.25) is 0 Å². The van der Waals surface area contributed by atoms with Gasteiger partial charge in [0.25, 0.3) is 0 Å². The van der Waals surface area contributed by atoms with Gasteiger partial charge in [-0.25, -0.2) is 4.98 Å². The first kappa shape index (κ1) is 36.3. The third-order valence-corrected chi connectivity index (χ3v) is 11.6. The average Bonchev–Trinajstić information content (AvgIpc) is 3.77. The number of hydrogen-bond acceptors (Lipinski definition) is 4. The molecular weight excluding hydrogens is 868 g/mol. The van der Waals surface area contributed by atoms with Crippen LogP contribution in [0, 0.1) is 12.1 Å². The molecule has 0 aliphatic carbocycles. The van der Waals surface area contributed by atoms with Crippen molar-refractivity contribution in [3.05, 3.63) is 150 Å². The van der Waals surface area contributed by atoms with E-state index in [0.29, 0.717) is 17.4 Å². The van der Waals surface area contributed by atoms with Crippen molar-refractivity contribution in [2.45, 2.75) is 58.8 Å². The largest absolute Gasteiger partial charge is 2.00 e. The van der Waals surface area contributed by atoms with Crippen molar-refractivity contribution >= 4 is 39.9 Å². The fraction of sp³-hybridized carbons (Fsp3) is 0.208. The molecule has 8 heteroatoms. The minimum atomic E-state index is -0.0667. The molecular formula is C48H42BN5OPt. The van der Waals surface area contributed by atoms with Crippen LogP contribution in [0.4, 0.5) is 5.69 Å². The molecule has 10 rings (SSSR count). The molecule has 3 aromatic heterocycles. The Morgan fingerprint density at radius 1 is 0.786 bits per heavy atom. The van der Waals surface area contributed by atoms with Gasteiger partial charge in [0.05, 0.1) is 0 Å². The van der Waals surface area contributed by atoms with Crippen molar-refractivity contribution in [3.63, 3.8) is 0 Å². The van der Waals surface area contributed by atoms with Crippen LogP contribution in [0.5, 0.6) is 11.5 Å². The number of ether oxygens (including phenoxy) is 1. The summed E-state index contributed by atoms with van der Waals surface area (Å²) in [5.41, 5.74) is 13.0. The van der Waals surface area contributed by atoms with Gasteiger partial charge in [0.1, 0.15) is 5.82 Å². The predicted octanol–water partition coefficient (Wildman–Crippen LogP) is 10.3. The van der Waals surface area contributed by atoms with Crippen LogP contribution >= 0.6 is 0 Å². The molecule has 278 valence electrons. The van der Waals surface area contributed by atoms with Gasteiger partial charge in [0.15, 0.2) is 0 Å². The van der Waals surface area contributed by atoms with Crippen LogP contribution in [-0.2, 0) is 39.3 Å². The Labute approximate surface area is 343 Å². The van der Waals surface area contributed by atoms with Gasteiger partial charge in [-0.05, 0) is 82.5 Å². The molecule has 0 saturated carbocycles. The van der Waals surface area contributed by atoms with Gasteiger partial charge in [0.2, 0.25) is 0 Å². The average molecular weight is 911 g/mol. The van der Waals surface area contributed by atoms with E-state index in [9.17, 15) is 0 Å². The Kier molecular flexibility index (Phi) is 8.85. The summed E-state index contributed by atoms with van der Waals surface area (Å²) in [5.74, 6) is 3.35. The molecule has 0 spiro atoms. The summed E-state index contributed by atoms with van der Waals surface area (Å²) >= 11 is 0. The summed E-state index contributed by atoms with van der Waals surface area (Å²) in [5, 5.41) is 2.25. The summed E-state index contributed by atoms with van der Waals surface area (Å²) in [6.07, 6.45) is 5.91. The first-order valence-corrected chi connectivity index (χ1v) is 19.3. The topological polar surface area (TPSA) is 48.1 Å². The number of pyridine rings is 1. The van der Waals surface area contributed by atoms with Gasteiger partial charge in [-0.15, -0.1) is 23.6 Å². The van der Waals surface area contributed by atoms with Crippen LogP contribution in [0.3, 0.4) is 0 Å². The normalized spacial score (nSPS) is 13.3. The van der Waals surface area contributed by atoms with Crippen LogP contribution in [0.15, 0.2) is 116 Å². The van der Waals surface area contributed by atoms with Crippen LogP contribution in [0.25, 0.3) is 50.3 Å². The van der Waals surface area contributed by atoms with Gasteiger partial charge in [-0.3, -0.25) is 4.98 Å². The quantitative estimate of drug-likeness (QED) is 0.130. The SMILES string of the molecule is CC(C)c1cccc2c1B1N(C)c3ccc(Oc4[c-]c5c(cc4)c4ccccc4n5-c4cc(C(C)(C)C)ccn4)[c-]c3-c3ncc(n31)-c1ccccc1CC2.[Pt+2]. The summed E-state index contributed by atoms with van der Waals surface area (Å²) < 4.78 is 11.3. The zero-order chi connectivity index (χ0) is 37.6. The first-order chi connectivity index (χ1) is 26.7. The van der Waals surface area contributed by atoms with Crippen molar-refractivity contribution in [2.24, 2.45) is 0 Å². The molecule has 5 aromatic carbocycles. The summed E-state index contributed by atoms with van der Waals surface area (Å²) in [4.78, 5) is 12.4. The first-order valence-electron chi connectivity index (χ1n) is 19.3. The molecule has 2 aliphatic heterocycles. The fourth-order valence-corrected chi connectivity index (χ4v) is 8.84. The summed E-state index contributed by atoms with van der Waals surface area (Å²) in [7, 11) is 2.21. The van der Waals surface area contributed by atoms with E-state index in [2.05, 4.69) is 165 Å². The summed E-state index contributed by atoms with van der Waals surface area (Å²) in [6, 6.07) is 44.1. The monoisotopic (exact) mass is 910 g/mol. The maximum atomic E-state index is 6.67. The van der Waals surface area contributed by atoms with E-state index < -0.39 is 0 Å². The Morgan fingerprint density at radius 3 is 2.38 bits per heavy atom. The number of fused-ring (bicyclic) bond motifs is 9. The van der Waals surface area contributed by atoms with Crippen molar-refractivity contribution in [1.82, 2.24) is 19.0 Å². The van der Waals surface area contributed by atoms with E-state index in [-0.39, 0.29) is 33.5 Å². The number of hydrogen-bond donors (Lipinski definition) is 0. The Balaban J connectivity index is 0.00000410. The molecule has 0 unspecified atom stereocenters. The van der Waals surface area contributed by atoms with Crippen LogP contribution in [0.1, 0.15) is 62.8 Å². The number of rotatable bonds is 4. The summed E-state index contributed by atoms with van der Waals surface area (Å²) in [6.45, 7) is 11.2. The smallest absolute Gasteiger partial charge is 0.503 e. The number of imidazole rings is 1. The number of para-hydroxylation sites is 1. The van der Waals surface area contributed by atoms with E-state index >= 15 is 0 Å². The minimum absolute atomic E-state index is 0. The van der Waals surface area contributed by atoms with Gasteiger partial charge in [-0.1, -0.05) is 124 Å². The van der Waals surface area contributed by atoms with Gasteiger partial charge in [-0.2, -0.15) is 6.07 Å². The Morgan fingerprint density at radius 2 is 1.54 bits per heavy atom. The number of benzene rings is 5. The fourth-order valence-electron chi connectivity index (χ4n) is 8.84. The second-order valence-corrected chi connectivity index (χ2v) is 16.3. The second kappa shape index (κ2) is 13.7. The third-order valence-electron chi connectivity index (χ3n) is 11.6. The predicted molar refractivity (Wildman–Crippen MR) is 225 cm³/mol. The van der Waals surface area contributed by atoms with Gasteiger partial charge in [0, 0.05) is 46.5 Å². The molecule has 0 N–H and O–H groups in total. The van der Waals surface area contributed by atoms with E-state index in [0.717, 1.165) is 63.2 Å². The van der Waals surface area contributed by atoms with Crippen LogP contribution in [-0.4, -0.2) is 33.0 Å². The number of anilines is 1. The van der Waals surface area contributed by atoms with Crippen molar-refractivity contribution < 1.29 is 25.8 Å². The van der Waals surface area contributed by atoms with E-state index in [1.54, 1.807) is 0 Å². The van der Waals surface area contributed by atoms with E-state index in [4.69, 9.17) is 14.7 Å². The number of nitrogens with zero attached hydrogens (tertiary/aromatic N) is 5. The van der Waals surface area contributed by atoms with E-state index in [1.807, 2.05) is 18.3 Å². The minimum Gasteiger partial charge on any atom is -0.503 e. The maximum Gasteiger partial charge on any atom is 2.00 e. The molecule has 0 saturated heterocycles. The maximum absolute atomic E-state index is 6.67. The van der Waals surface area contributed by atoms with Crippen molar-refractivity contribution in [1.29, 1.82) is 0 Å². The molecule has 5 heterocycles. The molecule has 6 nitrogen and oxygen atoms in total. The molecule has 0 bridgehead atoms. The van der Waals surface area contributed by atoms with Crippen LogP contribution < -0.4 is 15.0 Å². The molecule has 0 radical (unpaired) electrons. The van der Waals surface area contributed by atoms with Crippen molar-refractivity contribution in [3.8, 4) is 40.0 Å². The molecule has 2 aliphatic rings. The molecule has 8 aromatic rings. The zero-order valence-corrected chi connectivity index (χ0v) is 34.8.